The first-order chi connectivity index (χ1) is 14.2. The Hall–Kier alpha value is -2.91. The lowest BCUT2D eigenvalue weighted by Gasteiger charge is -2.10. The van der Waals surface area contributed by atoms with Crippen LogP contribution in [0.2, 0.25) is 0 Å². The van der Waals surface area contributed by atoms with Crippen LogP contribution in [-0.2, 0) is 21.2 Å². The fourth-order valence-electron chi connectivity index (χ4n) is 2.82. The van der Waals surface area contributed by atoms with Crippen molar-refractivity contribution < 1.29 is 27.4 Å². The maximum Gasteiger partial charge on any atom is 0.338 e. The molecule has 0 aliphatic carbocycles. The number of hydrogen-bond acceptors (Lipinski definition) is 8. The van der Waals surface area contributed by atoms with E-state index in [-0.39, 0.29) is 17.1 Å². The summed E-state index contributed by atoms with van der Waals surface area (Å²) in [4.78, 5) is 17.1. The highest BCUT2D eigenvalue weighted by atomic mass is 32.2. The summed E-state index contributed by atoms with van der Waals surface area (Å²) in [6, 6.07) is 9.90. The zero-order valence-corrected chi connectivity index (χ0v) is 18.6. The van der Waals surface area contributed by atoms with Crippen LogP contribution in [0.25, 0.3) is 10.6 Å². The van der Waals surface area contributed by atoms with Crippen molar-refractivity contribution in [3.8, 4) is 22.1 Å². The molecule has 30 heavy (non-hydrogen) atoms. The van der Waals surface area contributed by atoms with Crippen LogP contribution < -0.4 is 9.47 Å². The van der Waals surface area contributed by atoms with E-state index < -0.39 is 15.8 Å². The summed E-state index contributed by atoms with van der Waals surface area (Å²) in [7, 11) is -0.298. The number of esters is 1. The van der Waals surface area contributed by atoms with Gasteiger partial charge in [-0.25, -0.2) is 18.2 Å². The van der Waals surface area contributed by atoms with E-state index in [9.17, 15) is 13.2 Å². The van der Waals surface area contributed by atoms with Gasteiger partial charge in [0.1, 0.15) is 11.6 Å². The summed E-state index contributed by atoms with van der Waals surface area (Å²) < 4.78 is 39.6. The Labute approximate surface area is 179 Å². The molecule has 3 aromatic rings. The number of methoxy groups -OCH3 is 2. The average molecular weight is 448 g/mol. The monoisotopic (exact) mass is 447 g/mol. The first-order valence-electron chi connectivity index (χ1n) is 8.88. The van der Waals surface area contributed by atoms with E-state index in [1.165, 1.54) is 23.5 Å². The van der Waals surface area contributed by atoms with Gasteiger partial charge in [0.15, 0.2) is 21.3 Å². The molecule has 0 atom stereocenters. The second-order valence-electron chi connectivity index (χ2n) is 6.51. The topological polar surface area (TPSA) is 91.8 Å². The van der Waals surface area contributed by atoms with Crippen LogP contribution in [-0.4, -0.2) is 39.8 Å². The Bertz CT molecular complexity index is 1180. The Morgan fingerprint density at radius 2 is 1.90 bits per heavy atom. The fraction of sp³-hybridized carbons (Fsp3) is 0.238. The van der Waals surface area contributed by atoms with Crippen LogP contribution >= 0.6 is 11.3 Å². The number of ether oxygens (including phenoxy) is 3. The summed E-state index contributed by atoms with van der Waals surface area (Å²) in [6.07, 6.45) is 1.09. The first-order valence-corrected chi connectivity index (χ1v) is 11.6. The lowest BCUT2D eigenvalue weighted by Crippen LogP contribution is -2.09. The lowest BCUT2D eigenvalue weighted by molar-refractivity contribution is 0.0467. The van der Waals surface area contributed by atoms with Crippen molar-refractivity contribution in [2.24, 2.45) is 0 Å². The van der Waals surface area contributed by atoms with E-state index in [2.05, 4.69) is 4.98 Å². The van der Waals surface area contributed by atoms with E-state index in [0.29, 0.717) is 27.8 Å². The van der Waals surface area contributed by atoms with Crippen molar-refractivity contribution in [3.63, 3.8) is 0 Å². The smallest absolute Gasteiger partial charge is 0.338 e. The number of carbonyl (C=O) groups excluding carboxylic acids is 1. The van der Waals surface area contributed by atoms with Crippen LogP contribution in [0, 0.1) is 6.92 Å². The van der Waals surface area contributed by atoms with Gasteiger partial charge in [-0.2, -0.15) is 0 Å². The molecule has 7 nitrogen and oxygen atoms in total. The van der Waals surface area contributed by atoms with Gasteiger partial charge in [0.25, 0.3) is 0 Å². The maximum atomic E-state index is 12.5. The molecule has 0 spiro atoms. The number of carbonyl (C=O) groups is 1. The SMILES string of the molecule is COc1cccc(-c2nc(COC(=O)c3cc(S(C)(=O)=O)ccc3C)cs2)c1OC. The summed E-state index contributed by atoms with van der Waals surface area (Å²) in [5.74, 6) is 0.567. The van der Waals surface area contributed by atoms with E-state index in [4.69, 9.17) is 14.2 Å². The number of thiazole rings is 1. The quantitative estimate of drug-likeness (QED) is 0.507. The van der Waals surface area contributed by atoms with Gasteiger partial charge in [0.05, 0.1) is 35.9 Å². The number of aryl methyl sites for hydroxylation is 1. The van der Waals surface area contributed by atoms with Crippen molar-refractivity contribution in [2.75, 3.05) is 20.5 Å². The number of aromatic nitrogens is 1. The molecule has 0 saturated carbocycles. The Morgan fingerprint density at radius 3 is 2.57 bits per heavy atom. The molecule has 0 N–H and O–H groups in total. The van der Waals surface area contributed by atoms with Crippen LogP contribution in [0.5, 0.6) is 11.5 Å². The van der Waals surface area contributed by atoms with Crippen molar-refractivity contribution in [2.45, 2.75) is 18.4 Å². The fourth-order valence-corrected chi connectivity index (χ4v) is 4.29. The molecule has 0 unspecified atom stereocenters. The van der Waals surface area contributed by atoms with E-state index in [1.807, 2.05) is 12.1 Å². The predicted octanol–water partition coefficient (Wildman–Crippen LogP) is 3.90. The Balaban J connectivity index is 1.78. The summed E-state index contributed by atoms with van der Waals surface area (Å²) in [6.45, 7) is 1.68. The molecule has 0 aliphatic rings. The molecule has 1 heterocycles. The second-order valence-corrected chi connectivity index (χ2v) is 9.38. The van der Waals surface area contributed by atoms with Gasteiger partial charge in [0, 0.05) is 11.6 Å². The molecule has 0 aliphatic heterocycles. The van der Waals surface area contributed by atoms with E-state index in [1.54, 1.807) is 38.7 Å². The zero-order valence-electron chi connectivity index (χ0n) is 17.0. The molecule has 158 valence electrons. The highest BCUT2D eigenvalue weighted by molar-refractivity contribution is 7.90. The molecule has 0 amide bonds. The Morgan fingerprint density at radius 1 is 1.13 bits per heavy atom. The minimum atomic E-state index is -3.42. The van der Waals surface area contributed by atoms with Crippen LogP contribution in [0.3, 0.4) is 0 Å². The second kappa shape index (κ2) is 8.85. The molecule has 0 saturated heterocycles. The molecular formula is C21H21NO6S2. The van der Waals surface area contributed by atoms with Crippen molar-refractivity contribution >= 4 is 27.1 Å². The third-order valence-corrected chi connectivity index (χ3v) is 6.43. The van der Waals surface area contributed by atoms with Gasteiger partial charge in [-0.3, -0.25) is 0 Å². The zero-order chi connectivity index (χ0) is 21.9. The summed E-state index contributed by atoms with van der Waals surface area (Å²) >= 11 is 1.39. The van der Waals surface area contributed by atoms with Gasteiger partial charge in [-0.05, 0) is 36.8 Å². The van der Waals surface area contributed by atoms with Crippen LogP contribution in [0.1, 0.15) is 21.6 Å². The summed E-state index contributed by atoms with van der Waals surface area (Å²) in [5, 5.41) is 2.49. The largest absolute Gasteiger partial charge is 0.493 e. The highest BCUT2D eigenvalue weighted by Crippen LogP contribution is 2.39. The number of rotatable bonds is 7. The molecule has 2 aromatic carbocycles. The molecule has 0 bridgehead atoms. The molecule has 0 fully saturated rings. The first kappa shape index (κ1) is 21.8. The number of nitrogens with zero attached hydrogens (tertiary/aromatic N) is 1. The predicted molar refractivity (Wildman–Crippen MR) is 114 cm³/mol. The van der Waals surface area contributed by atoms with Crippen molar-refractivity contribution in [1.82, 2.24) is 4.98 Å². The number of sulfone groups is 1. The summed E-state index contributed by atoms with van der Waals surface area (Å²) in [5.41, 5.74) is 2.19. The van der Waals surface area contributed by atoms with Crippen molar-refractivity contribution in [3.05, 3.63) is 58.6 Å². The third-order valence-electron chi connectivity index (χ3n) is 4.39. The Kier molecular flexibility index (Phi) is 6.42. The maximum absolute atomic E-state index is 12.5. The molecule has 3 rings (SSSR count). The standard InChI is InChI=1S/C21H21NO6S2/c1-13-8-9-15(30(4,24)25)10-17(13)21(23)28-11-14-12-29-20(22-14)16-6-5-7-18(26-2)19(16)27-3/h5-10,12H,11H2,1-4H3. The van der Waals surface area contributed by atoms with Gasteiger partial charge < -0.3 is 14.2 Å². The van der Waals surface area contributed by atoms with Gasteiger partial charge in [-0.1, -0.05) is 12.1 Å². The lowest BCUT2D eigenvalue weighted by atomic mass is 10.1. The molecule has 0 radical (unpaired) electrons. The number of benzene rings is 2. The van der Waals surface area contributed by atoms with Gasteiger partial charge in [-0.15, -0.1) is 11.3 Å². The highest BCUT2D eigenvalue weighted by Gasteiger charge is 2.18. The third kappa shape index (κ3) is 4.63. The average Bonchev–Trinajstić information content (AvgIpc) is 3.19. The molecule has 1 aromatic heterocycles. The minimum absolute atomic E-state index is 0.0375. The van der Waals surface area contributed by atoms with Crippen molar-refractivity contribution in [1.29, 1.82) is 0 Å². The minimum Gasteiger partial charge on any atom is -0.493 e. The van der Waals surface area contributed by atoms with E-state index in [0.717, 1.165) is 11.8 Å². The van der Waals surface area contributed by atoms with Gasteiger partial charge in [0.2, 0.25) is 0 Å². The normalized spacial score (nSPS) is 11.2. The number of hydrogen-bond donors (Lipinski definition) is 0. The van der Waals surface area contributed by atoms with Crippen LogP contribution in [0.4, 0.5) is 0 Å². The van der Waals surface area contributed by atoms with Crippen LogP contribution in [0.15, 0.2) is 46.7 Å². The molecule has 9 heteroatoms. The van der Waals surface area contributed by atoms with Gasteiger partial charge >= 0.3 is 5.97 Å². The number of para-hydroxylation sites is 1. The molecular weight excluding hydrogens is 426 g/mol. The van der Waals surface area contributed by atoms with E-state index >= 15 is 0 Å².